The van der Waals surface area contributed by atoms with E-state index in [0.717, 1.165) is 18.6 Å². The molecule has 0 spiro atoms. The van der Waals surface area contributed by atoms with Gasteiger partial charge < -0.3 is 0 Å². The summed E-state index contributed by atoms with van der Waals surface area (Å²) in [5.74, 6) is 0.966. The van der Waals surface area contributed by atoms with Gasteiger partial charge in [-0.2, -0.15) is 0 Å². The highest BCUT2D eigenvalue weighted by atomic mass is 32.7. The molecule has 0 bridgehead atoms. The molecule has 0 amide bonds. The van der Waals surface area contributed by atoms with Gasteiger partial charge >= 0.3 is 0 Å². The fraction of sp³-hybridized carbons (Fsp3) is 1.00. The minimum absolute atomic E-state index is 0.283. The molecule has 2 N–H and O–H groups in total. The highest BCUT2D eigenvalue weighted by molar-refractivity contribution is 8.57. The Balaban J connectivity index is 2.20. The molecular formula is C6H15N2OPS. The molecular weight excluding hydrogens is 179 g/mol. The number of hydrogen-bond donors (Lipinski definition) is 2. The topological polar surface area (TPSA) is 41.1 Å². The van der Waals surface area contributed by atoms with Gasteiger partial charge in [-0.1, -0.05) is 25.2 Å². The van der Waals surface area contributed by atoms with Crippen LogP contribution in [0, 0.1) is 0 Å². The van der Waals surface area contributed by atoms with E-state index in [0.29, 0.717) is 0 Å². The van der Waals surface area contributed by atoms with Gasteiger partial charge in [0.05, 0.1) is 6.17 Å². The molecule has 0 radical (unpaired) electrons. The Kier molecular flexibility index (Phi) is 3.44. The lowest BCUT2D eigenvalue weighted by Gasteiger charge is -2.37. The van der Waals surface area contributed by atoms with Crippen LogP contribution in [-0.4, -0.2) is 11.9 Å². The van der Waals surface area contributed by atoms with Crippen molar-refractivity contribution in [2.75, 3.05) is 5.75 Å². The van der Waals surface area contributed by atoms with E-state index in [9.17, 15) is 4.57 Å². The lowest BCUT2D eigenvalue weighted by Crippen LogP contribution is -2.50. The summed E-state index contributed by atoms with van der Waals surface area (Å²) in [6, 6.07) is 0. The van der Waals surface area contributed by atoms with Gasteiger partial charge in [0.2, 0.25) is 0 Å². The standard InChI is InChI=1S/C6H15N2OPS/c1-3-5-11-10(9)7-6(4-2)8-10/h6H,3-5H2,1-2H3,(H2,7,8,9). The average molecular weight is 194 g/mol. The van der Waals surface area contributed by atoms with Crippen molar-refractivity contribution >= 4 is 18.0 Å². The van der Waals surface area contributed by atoms with Crippen LogP contribution in [0.1, 0.15) is 26.7 Å². The van der Waals surface area contributed by atoms with E-state index >= 15 is 0 Å². The van der Waals surface area contributed by atoms with Crippen molar-refractivity contribution in [2.45, 2.75) is 32.9 Å². The van der Waals surface area contributed by atoms with Gasteiger partial charge in [-0.05, 0) is 12.8 Å². The zero-order valence-corrected chi connectivity index (χ0v) is 8.67. The molecule has 1 aliphatic rings. The molecule has 1 heterocycles. The first-order chi connectivity index (χ1) is 5.20. The highest BCUT2D eigenvalue weighted by Gasteiger charge is 2.36. The molecule has 66 valence electrons. The molecule has 5 heteroatoms. The maximum absolute atomic E-state index is 11.5. The van der Waals surface area contributed by atoms with Crippen LogP contribution >= 0.6 is 18.0 Å². The fourth-order valence-corrected chi connectivity index (χ4v) is 5.19. The molecule has 1 saturated heterocycles. The maximum atomic E-state index is 11.5. The molecule has 0 unspecified atom stereocenters. The Morgan fingerprint density at radius 1 is 1.45 bits per heavy atom. The lowest BCUT2D eigenvalue weighted by atomic mass is 10.4. The minimum Gasteiger partial charge on any atom is -0.277 e. The number of hydrogen-bond acceptors (Lipinski definition) is 2. The maximum Gasteiger partial charge on any atom is 0.269 e. The Bertz CT molecular complexity index is 158. The van der Waals surface area contributed by atoms with Gasteiger partial charge in [-0.3, -0.25) is 4.57 Å². The van der Waals surface area contributed by atoms with Gasteiger partial charge in [0.25, 0.3) is 6.65 Å². The molecule has 0 saturated carbocycles. The second kappa shape index (κ2) is 3.94. The van der Waals surface area contributed by atoms with E-state index in [4.69, 9.17) is 0 Å². The van der Waals surface area contributed by atoms with Crippen LogP contribution in [0.4, 0.5) is 0 Å². The summed E-state index contributed by atoms with van der Waals surface area (Å²) in [6.45, 7) is 2.00. The third-order valence-corrected chi connectivity index (χ3v) is 6.07. The van der Waals surface area contributed by atoms with E-state index < -0.39 is 6.65 Å². The Morgan fingerprint density at radius 3 is 2.55 bits per heavy atom. The van der Waals surface area contributed by atoms with Crippen molar-refractivity contribution in [1.29, 1.82) is 0 Å². The molecule has 0 aromatic heterocycles. The van der Waals surface area contributed by atoms with Crippen LogP contribution in [0.5, 0.6) is 0 Å². The molecule has 0 atom stereocenters. The predicted octanol–water partition coefficient (Wildman–Crippen LogP) is 2.17. The first-order valence-electron chi connectivity index (χ1n) is 4.00. The largest absolute Gasteiger partial charge is 0.277 e. The van der Waals surface area contributed by atoms with E-state index in [1.165, 1.54) is 11.4 Å². The van der Waals surface area contributed by atoms with Gasteiger partial charge in [0.1, 0.15) is 0 Å². The molecule has 11 heavy (non-hydrogen) atoms. The molecule has 1 fully saturated rings. The molecule has 0 aliphatic carbocycles. The summed E-state index contributed by atoms with van der Waals surface area (Å²) in [7, 11) is 0. The lowest BCUT2D eigenvalue weighted by molar-refractivity contribution is 0.460. The molecule has 1 aliphatic heterocycles. The van der Waals surface area contributed by atoms with Gasteiger partial charge in [0.15, 0.2) is 0 Å². The molecule has 0 aromatic carbocycles. The summed E-state index contributed by atoms with van der Waals surface area (Å²) in [5.41, 5.74) is 0. The van der Waals surface area contributed by atoms with Gasteiger partial charge in [0, 0.05) is 5.75 Å². The van der Waals surface area contributed by atoms with Crippen molar-refractivity contribution < 1.29 is 4.57 Å². The quantitative estimate of drug-likeness (QED) is 0.673. The van der Waals surface area contributed by atoms with Crippen LogP contribution in [0.15, 0.2) is 0 Å². The third kappa shape index (κ3) is 2.48. The first-order valence-corrected chi connectivity index (χ1v) is 7.30. The Hall–Kier alpha value is 0.500. The smallest absolute Gasteiger partial charge is 0.269 e. The summed E-state index contributed by atoms with van der Waals surface area (Å²) >= 11 is 1.52. The van der Waals surface area contributed by atoms with Crippen molar-refractivity contribution in [1.82, 2.24) is 10.2 Å². The monoisotopic (exact) mass is 194 g/mol. The average Bonchev–Trinajstić information content (AvgIpc) is 1.95. The van der Waals surface area contributed by atoms with Gasteiger partial charge in [-0.15, -0.1) is 0 Å². The zero-order valence-electron chi connectivity index (χ0n) is 6.96. The summed E-state index contributed by atoms with van der Waals surface area (Å²) in [5, 5.41) is 6.10. The van der Waals surface area contributed by atoms with Crippen LogP contribution in [-0.2, 0) is 4.57 Å². The van der Waals surface area contributed by atoms with Crippen LogP contribution in [0.3, 0.4) is 0 Å². The number of nitrogens with one attached hydrogen (secondary N) is 2. The van der Waals surface area contributed by atoms with Crippen molar-refractivity contribution in [3.63, 3.8) is 0 Å². The second-order valence-corrected chi connectivity index (χ2v) is 7.21. The fourth-order valence-electron chi connectivity index (χ4n) is 0.887. The van der Waals surface area contributed by atoms with Crippen LogP contribution < -0.4 is 10.2 Å². The Labute approximate surface area is 71.9 Å². The van der Waals surface area contributed by atoms with Crippen molar-refractivity contribution in [2.24, 2.45) is 0 Å². The predicted molar refractivity (Wildman–Crippen MR) is 50.7 cm³/mol. The SMILES string of the molecule is CCCSP1(=O)NC(CC)N1. The van der Waals surface area contributed by atoms with Crippen LogP contribution in [0.2, 0.25) is 0 Å². The van der Waals surface area contributed by atoms with Crippen LogP contribution in [0.25, 0.3) is 0 Å². The minimum atomic E-state index is -2.17. The summed E-state index contributed by atoms with van der Waals surface area (Å²) < 4.78 is 11.5. The normalized spacial score (nSPS) is 36.7. The van der Waals surface area contributed by atoms with E-state index in [1.54, 1.807) is 0 Å². The second-order valence-electron chi connectivity index (χ2n) is 2.60. The summed E-state index contributed by atoms with van der Waals surface area (Å²) in [4.78, 5) is 0. The molecule has 0 aromatic rings. The van der Waals surface area contributed by atoms with Crippen molar-refractivity contribution in [3.8, 4) is 0 Å². The Morgan fingerprint density at radius 2 is 2.09 bits per heavy atom. The van der Waals surface area contributed by atoms with E-state index in [1.807, 2.05) is 0 Å². The van der Waals surface area contributed by atoms with Gasteiger partial charge in [-0.25, -0.2) is 10.2 Å². The number of rotatable bonds is 4. The van der Waals surface area contributed by atoms with Crippen molar-refractivity contribution in [3.05, 3.63) is 0 Å². The van der Waals surface area contributed by atoms with E-state index in [-0.39, 0.29) is 6.17 Å². The third-order valence-electron chi connectivity index (χ3n) is 1.54. The highest BCUT2D eigenvalue weighted by Crippen LogP contribution is 2.57. The molecule has 3 nitrogen and oxygen atoms in total. The summed E-state index contributed by atoms with van der Waals surface area (Å²) in [6.07, 6.45) is 2.36. The zero-order chi connectivity index (χ0) is 8.32. The first kappa shape index (κ1) is 9.59. The van der Waals surface area contributed by atoms with E-state index in [2.05, 4.69) is 24.0 Å². The molecule has 1 rings (SSSR count).